The fraction of sp³-hybridized carbons (Fsp3) is 0.0714. The molecule has 0 aliphatic carbocycles. The third-order valence-corrected chi connectivity index (χ3v) is 3.14. The van der Waals surface area contributed by atoms with Gasteiger partial charge in [0, 0.05) is 29.2 Å². The van der Waals surface area contributed by atoms with Crippen molar-refractivity contribution in [3.8, 4) is 28.6 Å². The number of anilines is 1. The van der Waals surface area contributed by atoms with Crippen molar-refractivity contribution in [3.63, 3.8) is 0 Å². The Morgan fingerprint density at radius 2 is 2.25 bits per heavy atom. The van der Waals surface area contributed by atoms with Gasteiger partial charge in [-0.25, -0.2) is 9.97 Å². The van der Waals surface area contributed by atoms with Crippen molar-refractivity contribution in [2.45, 2.75) is 6.92 Å². The third-order valence-electron chi connectivity index (χ3n) is 3.14. The number of imidazole rings is 1. The van der Waals surface area contributed by atoms with E-state index in [0.29, 0.717) is 22.5 Å². The number of nitrogens with one attached hydrogen (secondary N) is 2. The summed E-state index contributed by atoms with van der Waals surface area (Å²) in [6.45, 7) is 1.90. The maximum atomic E-state index is 9.30. The topological polar surface area (TPSA) is 107 Å². The van der Waals surface area contributed by atoms with Crippen molar-refractivity contribution in [2.24, 2.45) is 0 Å². The van der Waals surface area contributed by atoms with Gasteiger partial charge in [0.25, 0.3) is 0 Å². The molecule has 3 aromatic heterocycles. The molecular weight excluding hydrogens is 252 g/mol. The van der Waals surface area contributed by atoms with Crippen molar-refractivity contribution in [2.75, 3.05) is 5.73 Å². The van der Waals surface area contributed by atoms with Crippen LogP contribution >= 0.6 is 0 Å². The Hall–Kier alpha value is -3.07. The van der Waals surface area contributed by atoms with E-state index >= 15 is 0 Å². The van der Waals surface area contributed by atoms with Crippen LogP contribution in [-0.4, -0.2) is 19.9 Å². The molecule has 0 aliphatic rings. The van der Waals surface area contributed by atoms with Gasteiger partial charge in [0.1, 0.15) is 17.5 Å². The number of aromatic amines is 2. The molecule has 6 heteroatoms. The van der Waals surface area contributed by atoms with Crippen molar-refractivity contribution >= 4 is 5.82 Å². The number of hydrogen-bond donors (Lipinski definition) is 3. The largest absolute Gasteiger partial charge is 0.383 e. The molecule has 0 saturated heterocycles. The van der Waals surface area contributed by atoms with Crippen LogP contribution in [0.3, 0.4) is 0 Å². The summed E-state index contributed by atoms with van der Waals surface area (Å²) in [5.74, 6) is 0.212. The predicted molar refractivity (Wildman–Crippen MR) is 75.5 cm³/mol. The Kier molecular flexibility index (Phi) is 2.73. The maximum Gasteiger partial charge on any atom is 0.142 e. The first-order valence-electron chi connectivity index (χ1n) is 6.05. The van der Waals surface area contributed by atoms with Crippen molar-refractivity contribution in [1.29, 1.82) is 5.26 Å². The van der Waals surface area contributed by atoms with E-state index in [4.69, 9.17) is 5.73 Å². The minimum Gasteiger partial charge on any atom is -0.383 e. The van der Waals surface area contributed by atoms with Gasteiger partial charge in [0.15, 0.2) is 0 Å². The highest BCUT2D eigenvalue weighted by Gasteiger charge is 2.16. The first kappa shape index (κ1) is 12.0. The molecule has 0 spiro atoms. The van der Waals surface area contributed by atoms with E-state index in [2.05, 4.69) is 26.0 Å². The van der Waals surface area contributed by atoms with Crippen LogP contribution < -0.4 is 5.73 Å². The van der Waals surface area contributed by atoms with Gasteiger partial charge in [-0.15, -0.1) is 0 Å². The zero-order valence-corrected chi connectivity index (χ0v) is 10.8. The highest BCUT2D eigenvalue weighted by molar-refractivity contribution is 5.79. The van der Waals surface area contributed by atoms with E-state index < -0.39 is 0 Å². The monoisotopic (exact) mass is 264 g/mol. The highest BCUT2D eigenvalue weighted by atomic mass is 14.9. The first-order valence-corrected chi connectivity index (χ1v) is 6.05. The van der Waals surface area contributed by atoms with Crippen LogP contribution in [0.5, 0.6) is 0 Å². The Balaban J connectivity index is 2.27. The number of H-pyrrole nitrogens is 2. The number of nitriles is 1. The van der Waals surface area contributed by atoms with Gasteiger partial charge in [-0.1, -0.05) is 0 Å². The van der Waals surface area contributed by atoms with E-state index in [1.165, 1.54) is 0 Å². The molecule has 0 atom stereocenters. The van der Waals surface area contributed by atoms with Gasteiger partial charge in [-0.2, -0.15) is 5.26 Å². The van der Waals surface area contributed by atoms with Crippen LogP contribution in [-0.2, 0) is 0 Å². The quantitative estimate of drug-likeness (QED) is 0.659. The summed E-state index contributed by atoms with van der Waals surface area (Å²) >= 11 is 0. The average molecular weight is 264 g/mol. The third kappa shape index (κ3) is 1.82. The molecular formula is C14H12N6. The van der Waals surface area contributed by atoms with Gasteiger partial charge < -0.3 is 15.7 Å². The van der Waals surface area contributed by atoms with Gasteiger partial charge in [0.2, 0.25) is 0 Å². The summed E-state index contributed by atoms with van der Waals surface area (Å²) < 4.78 is 0. The molecule has 98 valence electrons. The summed E-state index contributed by atoms with van der Waals surface area (Å²) in [4.78, 5) is 14.5. The standard InChI is InChI=1S/C14H12N6/c1-8-13(19-7-18-8)10-4-12(9-2-3-17-6-9)20-14(16)11(10)5-15/h2-4,6-7,17H,1H3,(H2,16,20)(H,18,19). The Morgan fingerprint density at radius 3 is 2.85 bits per heavy atom. The lowest BCUT2D eigenvalue weighted by atomic mass is 10.0. The minimum absolute atomic E-state index is 0.212. The van der Waals surface area contributed by atoms with E-state index in [9.17, 15) is 5.26 Å². The number of pyridine rings is 1. The van der Waals surface area contributed by atoms with Crippen LogP contribution in [0.2, 0.25) is 0 Å². The number of nitrogen functional groups attached to an aromatic ring is 1. The summed E-state index contributed by atoms with van der Waals surface area (Å²) in [5.41, 5.74) is 10.2. The molecule has 0 amide bonds. The first-order chi connectivity index (χ1) is 9.70. The van der Waals surface area contributed by atoms with Crippen LogP contribution in [0.4, 0.5) is 5.82 Å². The number of nitrogens with two attached hydrogens (primary N) is 1. The van der Waals surface area contributed by atoms with Crippen LogP contribution in [0.25, 0.3) is 22.5 Å². The molecule has 4 N–H and O–H groups in total. The normalized spacial score (nSPS) is 10.4. The molecule has 3 heterocycles. The molecule has 20 heavy (non-hydrogen) atoms. The van der Waals surface area contributed by atoms with Gasteiger partial charge in [0.05, 0.1) is 17.7 Å². The molecule has 0 fully saturated rings. The molecule has 3 rings (SSSR count). The minimum atomic E-state index is 0.212. The lowest BCUT2D eigenvalue weighted by Crippen LogP contribution is -2.00. The molecule has 0 aliphatic heterocycles. The second kappa shape index (κ2) is 4.55. The number of aromatic nitrogens is 4. The Morgan fingerprint density at radius 1 is 1.40 bits per heavy atom. The molecule has 0 radical (unpaired) electrons. The fourth-order valence-corrected chi connectivity index (χ4v) is 2.13. The average Bonchev–Trinajstić information content (AvgIpc) is 3.08. The smallest absolute Gasteiger partial charge is 0.142 e. The van der Waals surface area contributed by atoms with Crippen LogP contribution in [0, 0.1) is 18.3 Å². The Labute approximate surface area is 115 Å². The number of aryl methyl sites for hydroxylation is 1. The number of nitrogens with zero attached hydrogens (tertiary/aromatic N) is 3. The lowest BCUT2D eigenvalue weighted by molar-refractivity contribution is 1.25. The zero-order chi connectivity index (χ0) is 14.1. The summed E-state index contributed by atoms with van der Waals surface area (Å²) in [6.07, 6.45) is 5.23. The maximum absolute atomic E-state index is 9.30. The van der Waals surface area contributed by atoms with Gasteiger partial charge in [-0.05, 0) is 19.1 Å². The van der Waals surface area contributed by atoms with Crippen LogP contribution in [0.1, 0.15) is 11.3 Å². The summed E-state index contributed by atoms with van der Waals surface area (Å²) in [7, 11) is 0. The summed E-state index contributed by atoms with van der Waals surface area (Å²) in [6, 6.07) is 5.84. The molecule has 0 saturated carbocycles. The van der Waals surface area contributed by atoms with Crippen molar-refractivity contribution in [3.05, 3.63) is 42.1 Å². The van der Waals surface area contributed by atoms with E-state index in [-0.39, 0.29) is 5.82 Å². The second-order valence-electron chi connectivity index (χ2n) is 4.40. The second-order valence-corrected chi connectivity index (χ2v) is 4.40. The zero-order valence-electron chi connectivity index (χ0n) is 10.8. The van der Waals surface area contributed by atoms with E-state index in [1.54, 1.807) is 6.33 Å². The Bertz CT molecular complexity index is 792. The molecule has 3 aromatic rings. The molecule has 6 nitrogen and oxygen atoms in total. The van der Waals surface area contributed by atoms with E-state index in [1.807, 2.05) is 31.5 Å². The van der Waals surface area contributed by atoms with Gasteiger partial charge in [-0.3, -0.25) is 0 Å². The molecule has 0 aromatic carbocycles. The number of hydrogen-bond acceptors (Lipinski definition) is 4. The van der Waals surface area contributed by atoms with E-state index in [0.717, 1.165) is 11.3 Å². The van der Waals surface area contributed by atoms with Crippen molar-refractivity contribution < 1.29 is 0 Å². The van der Waals surface area contributed by atoms with Crippen LogP contribution in [0.15, 0.2) is 30.9 Å². The summed E-state index contributed by atoms with van der Waals surface area (Å²) in [5, 5.41) is 9.30. The lowest BCUT2D eigenvalue weighted by Gasteiger charge is -2.08. The molecule has 0 unspecified atom stereocenters. The van der Waals surface area contributed by atoms with Gasteiger partial charge >= 0.3 is 0 Å². The molecule has 0 bridgehead atoms. The fourth-order valence-electron chi connectivity index (χ4n) is 2.13. The van der Waals surface area contributed by atoms with Crippen molar-refractivity contribution in [1.82, 2.24) is 19.9 Å². The SMILES string of the molecule is Cc1[nH]cnc1-c1cc(-c2cc[nH]c2)nc(N)c1C#N. The number of rotatable bonds is 2. The predicted octanol–water partition coefficient (Wildman–Crippen LogP) is 2.23. The highest BCUT2D eigenvalue weighted by Crippen LogP contribution is 2.31.